The quantitative estimate of drug-likeness (QED) is 0.734. The summed E-state index contributed by atoms with van der Waals surface area (Å²) >= 11 is 11.9. The minimum absolute atomic E-state index is 0.0110. The van der Waals surface area contributed by atoms with E-state index in [2.05, 4.69) is 10.0 Å². The summed E-state index contributed by atoms with van der Waals surface area (Å²) < 4.78 is 33.3. The van der Waals surface area contributed by atoms with Crippen LogP contribution in [0.1, 0.15) is 23.2 Å². The monoisotopic (exact) mass is 428 g/mol. The van der Waals surface area contributed by atoms with Crippen LogP contribution in [-0.2, 0) is 14.8 Å². The predicted octanol–water partition coefficient (Wildman–Crippen LogP) is 3.70. The summed E-state index contributed by atoms with van der Waals surface area (Å²) in [5.41, 5.74) is 0.357. The van der Waals surface area contributed by atoms with E-state index in [0.29, 0.717) is 13.2 Å². The molecule has 0 aliphatic carbocycles. The number of rotatable bonds is 6. The molecule has 2 N–H and O–H groups in total. The fourth-order valence-electron chi connectivity index (χ4n) is 2.76. The highest BCUT2D eigenvalue weighted by Gasteiger charge is 2.22. The molecule has 0 saturated carbocycles. The molecule has 1 aliphatic heterocycles. The summed E-state index contributed by atoms with van der Waals surface area (Å²) in [4.78, 5) is 12.4. The van der Waals surface area contributed by atoms with E-state index in [1.807, 2.05) is 0 Å². The maximum Gasteiger partial charge on any atom is 0.263 e. The Bertz CT molecular complexity index is 944. The first-order chi connectivity index (χ1) is 12.9. The Balaban J connectivity index is 1.80. The second kappa shape index (κ2) is 8.48. The van der Waals surface area contributed by atoms with E-state index < -0.39 is 10.0 Å². The van der Waals surface area contributed by atoms with Crippen molar-refractivity contribution in [3.63, 3.8) is 0 Å². The van der Waals surface area contributed by atoms with Crippen molar-refractivity contribution in [2.45, 2.75) is 23.8 Å². The highest BCUT2D eigenvalue weighted by molar-refractivity contribution is 7.92. The second-order valence-corrected chi connectivity index (χ2v) is 8.57. The molecule has 2 aromatic carbocycles. The van der Waals surface area contributed by atoms with Crippen LogP contribution in [0.2, 0.25) is 10.0 Å². The van der Waals surface area contributed by atoms with Crippen LogP contribution < -0.4 is 10.0 Å². The molecule has 0 unspecified atom stereocenters. The zero-order valence-corrected chi connectivity index (χ0v) is 16.6. The van der Waals surface area contributed by atoms with Crippen LogP contribution in [0, 0.1) is 0 Å². The van der Waals surface area contributed by atoms with Gasteiger partial charge < -0.3 is 10.1 Å². The van der Waals surface area contributed by atoms with Crippen molar-refractivity contribution in [1.29, 1.82) is 0 Å². The van der Waals surface area contributed by atoms with Gasteiger partial charge in [0.2, 0.25) is 0 Å². The summed E-state index contributed by atoms with van der Waals surface area (Å²) in [5, 5.41) is 3.05. The number of nitrogens with one attached hydrogen (secondary N) is 2. The van der Waals surface area contributed by atoms with Gasteiger partial charge in [-0.25, -0.2) is 8.42 Å². The number of hydrogen-bond acceptors (Lipinski definition) is 4. The third kappa shape index (κ3) is 4.93. The van der Waals surface area contributed by atoms with Crippen LogP contribution in [0.25, 0.3) is 0 Å². The molecule has 144 valence electrons. The molecule has 1 amide bonds. The van der Waals surface area contributed by atoms with Gasteiger partial charge in [-0.2, -0.15) is 0 Å². The van der Waals surface area contributed by atoms with E-state index in [0.717, 1.165) is 12.8 Å². The molecular weight excluding hydrogens is 411 g/mol. The summed E-state index contributed by atoms with van der Waals surface area (Å²) in [6.45, 7) is 1.07. The van der Waals surface area contributed by atoms with Crippen molar-refractivity contribution < 1.29 is 17.9 Å². The van der Waals surface area contributed by atoms with Gasteiger partial charge in [0.15, 0.2) is 0 Å². The number of carbonyl (C=O) groups excluding carboxylic acids is 1. The SMILES string of the molecule is O=C(NC[C@@H]1CCCO1)c1ccccc1NS(=O)(=O)c1cc(Cl)ccc1Cl. The number of sulfonamides is 1. The minimum Gasteiger partial charge on any atom is -0.376 e. The van der Waals surface area contributed by atoms with E-state index in [1.165, 1.54) is 24.3 Å². The summed E-state index contributed by atoms with van der Waals surface area (Å²) in [7, 11) is -4.02. The van der Waals surface area contributed by atoms with Gasteiger partial charge in [-0.1, -0.05) is 35.3 Å². The number of hydrogen-bond donors (Lipinski definition) is 2. The first-order valence-electron chi connectivity index (χ1n) is 8.33. The fourth-order valence-corrected chi connectivity index (χ4v) is 4.60. The summed E-state index contributed by atoms with van der Waals surface area (Å²) in [6, 6.07) is 10.5. The van der Waals surface area contributed by atoms with Crippen molar-refractivity contribution >= 4 is 44.8 Å². The van der Waals surface area contributed by atoms with E-state index in [-0.39, 0.29) is 38.2 Å². The lowest BCUT2D eigenvalue weighted by Gasteiger charge is -2.15. The van der Waals surface area contributed by atoms with Crippen LogP contribution in [0.15, 0.2) is 47.4 Å². The standard InChI is InChI=1S/C18H18Cl2N2O4S/c19-12-7-8-15(20)17(10-12)27(24,25)22-16-6-2-1-5-14(16)18(23)21-11-13-4-3-9-26-13/h1-2,5-8,10,13,22H,3-4,9,11H2,(H,21,23)/t13-/m0/s1. The second-order valence-electron chi connectivity index (χ2n) is 6.07. The zero-order chi connectivity index (χ0) is 19.4. The van der Waals surface area contributed by atoms with Crippen LogP contribution >= 0.6 is 23.2 Å². The number of para-hydroxylation sites is 1. The average molecular weight is 429 g/mol. The zero-order valence-electron chi connectivity index (χ0n) is 14.2. The van der Waals surface area contributed by atoms with E-state index in [1.54, 1.807) is 18.2 Å². The van der Waals surface area contributed by atoms with Gasteiger partial charge in [-0.15, -0.1) is 0 Å². The molecule has 1 atom stereocenters. The van der Waals surface area contributed by atoms with Gasteiger partial charge in [0.1, 0.15) is 4.90 Å². The largest absolute Gasteiger partial charge is 0.376 e. The van der Waals surface area contributed by atoms with Crippen molar-refractivity contribution in [3.05, 3.63) is 58.1 Å². The molecule has 0 bridgehead atoms. The van der Waals surface area contributed by atoms with E-state index >= 15 is 0 Å². The van der Waals surface area contributed by atoms with Crippen LogP contribution in [0.3, 0.4) is 0 Å². The van der Waals surface area contributed by atoms with Crippen molar-refractivity contribution in [2.75, 3.05) is 17.9 Å². The molecule has 0 radical (unpaired) electrons. The fraction of sp³-hybridized carbons (Fsp3) is 0.278. The lowest BCUT2D eigenvalue weighted by atomic mass is 10.1. The molecule has 9 heteroatoms. The number of carbonyl (C=O) groups is 1. The topological polar surface area (TPSA) is 84.5 Å². The van der Waals surface area contributed by atoms with Gasteiger partial charge in [0.25, 0.3) is 15.9 Å². The van der Waals surface area contributed by atoms with E-state index in [9.17, 15) is 13.2 Å². The summed E-state index contributed by atoms with van der Waals surface area (Å²) in [5.74, 6) is -0.388. The van der Waals surface area contributed by atoms with Gasteiger partial charge in [-0.3, -0.25) is 9.52 Å². The molecule has 2 aromatic rings. The highest BCUT2D eigenvalue weighted by Crippen LogP contribution is 2.28. The Morgan fingerprint density at radius 2 is 1.96 bits per heavy atom. The third-order valence-corrected chi connectivity index (χ3v) is 6.20. The normalized spacial score (nSPS) is 16.9. The van der Waals surface area contributed by atoms with Gasteiger partial charge in [0, 0.05) is 18.2 Å². The Kier molecular flexibility index (Phi) is 6.26. The molecule has 1 heterocycles. The molecule has 0 aromatic heterocycles. The highest BCUT2D eigenvalue weighted by atomic mass is 35.5. The molecule has 1 aliphatic rings. The summed E-state index contributed by atoms with van der Waals surface area (Å²) in [6.07, 6.45) is 1.85. The number of amides is 1. The van der Waals surface area contributed by atoms with Crippen LogP contribution in [0.4, 0.5) is 5.69 Å². The van der Waals surface area contributed by atoms with Gasteiger partial charge in [0.05, 0.1) is 22.4 Å². The molecule has 27 heavy (non-hydrogen) atoms. The van der Waals surface area contributed by atoms with Gasteiger partial charge in [-0.05, 0) is 43.2 Å². The Labute approximate surface area is 167 Å². The maximum atomic E-state index is 12.7. The molecule has 6 nitrogen and oxygen atoms in total. The lowest BCUT2D eigenvalue weighted by molar-refractivity contribution is 0.0858. The molecular formula is C18H18Cl2N2O4S. The smallest absolute Gasteiger partial charge is 0.263 e. The van der Waals surface area contributed by atoms with Crippen LogP contribution in [0.5, 0.6) is 0 Å². The van der Waals surface area contributed by atoms with Crippen molar-refractivity contribution in [3.8, 4) is 0 Å². The Morgan fingerprint density at radius 3 is 2.70 bits per heavy atom. The minimum atomic E-state index is -4.02. The maximum absolute atomic E-state index is 12.7. The molecule has 1 fully saturated rings. The van der Waals surface area contributed by atoms with E-state index in [4.69, 9.17) is 27.9 Å². The predicted molar refractivity (Wildman–Crippen MR) is 105 cm³/mol. The lowest BCUT2D eigenvalue weighted by Crippen LogP contribution is -2.32. The average Bonchev–Trinajstić information content (AvgIpc) is 3.15. The molecule has 1 saturated heterocycles. The molecule has 0 spiro atoms. The molecule has 3 rings (SSSR count). The Morgan fingerprint density at radius 1 is 1.19 bits per heavy atom. The van der Waals surface area contributed by atoms with Crippen molar-refractivity contribution in [1.82, 2.24) is 5.32 Å². The third-order valence-electron chi connectivity index (χ3n) is 4.11. The number of benzene rings is 2. The number of anilines is 1. The Hall–Kier alpha value is -1.80. The number of halogens is 2. The van der Waals surface area contributed by atoms with Crippen LogP contribution in [-0.4, -0.2) is 33.6 Å². The first-order valence-corrected chi connectivity index (χ1v) is 10.6. The number of ether oxygens (including phenoxy) is 1. The first kappa shape index (κ1) is 19.9. The van der Waals surface area contributed by atoms with Gasteiger partial charge >= 0.3 is 0 Å². The van der Waals surface area contributed by atoms with Crippen molar-refractivity contribution in [2.24, 2.45) is 0 Å².